The van der Waals surface area contributed by atoms with Gasteiger partial charge in [-0.2, -0.15) is 4.98 Å². The molecule has 0 bridgehead atoms. The van der Waals surface area contributed by atoms with Crippen LogP contribution in [0, 0.1) is 5.92 Å². The zero-order valence-electron chi connectivity index (χ0n) is 23.3. The highest BCUT2D eigenvalue weighted by Crippen LogP contribution is 2.34. The number of anilines is 1. The van der Waals surface area contributed by atoms with Gasteiger partial charge in [-0.3, -0.25) is 4.57 Å². The SMILES string of the molecule is CC(C)(C)OC(=O)NC1CCC(N(CC2CCC(n3ccc(N)nc3=O)CC2)C(=O)OC(C)(C)C)CC1. The first kappa shape index (κ1) is 28.8. The number of nitrogens with zero attached hydrogens (tertiary/aromatic N) is 3. The lowest BCUT2D eigenvalue weighted by Crippen LogP contribution is -2.50. The predicted molar refractivity (Wildman–Crippen MR) is 142 cm³/mol. The normalized spacial score (nSPS) is 24.7. The predicted octanol–water partition coefficient (Wildman–Crippen LogP) is 4.63. The van der Waals surface area contributed by atoms with Crippen LogP contribution in [0.2, 0.25) is 0 Å². The lowest BCUT2D eigenvalue weighted by Gasteiger charge is -2.40. The highest BCUT2D eigenvalue weighted by molar-refractivity contribution is 5.69. The van der Waals surface area contributed by atoms with Crippen molar-refractivity contribution in [2.75, 3.05) is 12.3 Å². The highest BCUT2D eigenvalue weighted by atomic mass is 16.6. The van der Waals surface area contributed by atoms with E-state index < -0.39 is 17.3 Å². The molecule has 0 spiro atoms. The summed E-state index contributed by atoms with van der Waals surface area (Å²) in [6.07, 6.45) is 7.73. The minimum Gasteiger partial charge on any atom is -0.444 e. The van der Waals surface area contributed by atoms with Crippen LogP contribution in [0.3, 0.4) is 0 Å². The Morgan fingerprint density at radius 2 is 1.59 bits per heavy atom. The number of hydrogen-bond acceptors (Lipinski definition) is 7. The van der Waals surface area contributed by atoms with Crippen LogP contribution in [0.4, 0.5) is 15.4 Å². The van der Waals surface area contributed by atoms with E-state index >= 15 is 0 Å². The van der Waals surface area contributed by atoms with Crippen LogP contribution < -0.4 is 16.7 Å². The van der Waals surface area contributed by atoms with Crippen molar-refractivity contribution >= 4 is 18.0 Å². The number of ether oxygens (including phenoxy) is 2. The molecule has 37 heavy (non-hydrogen) atoms. The van der Waals surface area contributed by atoms with Crippen molar-refractivity contribution in [2.45, 2.75) is 122 Å². The fourth-order valence-electron chi connectivity index (χ4n) is 5.29. The van der Waals surface area contributed by atoms with E-state index in [2.05, 4.69) is 10.3 Å². The Balaban J connectivity index is 1.59. The minimum atomic E-state index is -0.578. The van der Waals surface area contributed by atoms with E-state index in [-0.39, 0.29) is 35.7 Å². The second-order valence-corrected chi connectivity index (χ2v) is 12.5. The van der Waals surface area contributed by atoms with Gasteiger partial charge in [0.2, 0.25) is 0 Å². The van der Waals surface area contributed by atoms with Gasteiger partial charge in [0.1, 0.15) is 17.0 Å². The molecule has 2 aliphatic rings. The molecule has 1 aromatic rings. The van der Waals surface area contributed by atoms with E-state index in [1.165, 1.54) is 0 Å². The summed E-state index contributed by atoms with van der Waals surface area (Å²) >= 11 is 0. The summed E-state index contributed by atoms with van der Waals surface area (Å²) in [4.78, 5) is 43.5. The molecule has 10 nitrogen and oxygen atoms in total. The fraction of sp³-hybridized carbons (Fsp3) is 0.778. The van der Waals surface area contributed by atoms with Crippen LogP contribution in [0.5, 0.6) is 0 Å². The summed E-state index contributed by atoms with van der Waals surface area (Å²) in [7, 11) is 0. The van der Waals surface area contributed by atoms with Crippen molar-refractivity contribution in [1.82, 2.24) is 19.8 Å². The lowest BCUT2D eigenvalue weighted by atomic mass is 9.84. The number of rotatable bonds is 5. The monoisotopic (exact) mass is 519 g/mol. The molecule has 208 valence electrons. The summed E-state index contributed by atoms with van der Waals surface area (Å²) < 4.78 is 12.9. The molecule has 0 unspecified atom stereocenters. The van der Waals surface area contributed by atoms with E-state index in [1.807, 2.05) is 46.4 Å². The standard InChI is InChI=1S/C27H45N5O5/c1-26(2,3)36-24(34)29-19-9-13-21(14-10-19)32(25(35)37-27(4,5)6)17-18-7-11-20(12-8-18)31-16-15-22(28)30-23(31)33/h15-16,18-21H,7-14,17H2,1-6H3,(H,29,34)(H2,28,30,33). The van der Waals surface area contributed by atoms with Gasteiger partial charge in [0.25, 0.3) is 0 Å². The van der Waals surface area contributed by atoms with Gasteiger partial charge < -0.3 is 25.4 Å². The second-order valence-electron chi connectivity index (χ2n) is 12.5. The molecule has 2 fully saturated rings. The van der Waals surface area contributed by atoms with Crippen molar-refractivity contribution < 1.29 is 19.1 Å². The van der Waals surface area contributed by atoms with Gasteiger partial charge in [-0.05, 0) is 105 Å². The number of carbonyl (C=O) groups is 2. The molecule has 2 saturated carbocycles. The van der Waals surface area contributed by atoms with Gasteiger partial charge in [-0.25, -0.2) is 14.4 Å². The Labute approximate surface area is 220 Å². The highest BCUT2D eigenvalue weighted by Gasteiger charge is 2.35. The maximum atomic E-state index is 13.3. The lowest BCUT2D eigenvalue weighted by molar-refractivity contribution is 0.00420. The third-order valence-corrected chi connectivity index (χ3v) is 7.00. The second kappa shape index (κ2) is 11.7. The van der Waals surface area contributed by atoms with Crippen LogP contribution in [0.25, 0.3) is 0 Å². The third kappa shape index (κ3) is 8.93. The van der Waals surface area contributed by atoms with Crippen LogP contribution in [0.15, 0.2) is 17.1 Å². The summed E-state index contributed by atoms with van der Waals surface area (Å²) in [6.45, 7) is 11.8. The molecule has 0 saturated heterocycles. The maximum Gasteiger partial charge on any atom is 0.410 e. The molecular formula is C27H45N5O5. The number of nitrogen functional groups attached to an aromatic ring is 1. The minimum absolute atomic E-state index is 0.0360. The number of hydrogen-bond donors (Lipinski definition) is 2. The molecule has 1 heterocycles. The van der Waals surface area contributed by atoms with E-state index in [9.17, 15) is 14.4 Å². The zero-order valence-corrected chi connectivity index (χ0v) is 23.3. The Morgan fingerprint density at radius 1 is 1.00 bits per heavy atom. The largest absolute Gasteiger partial charge is 0.444 e. The third-order valence-electron chi connectivity index (χ3n) is 7.00. The Hall–Kier alpha value is -2.78. The van der Waals surface area contributed by atoms with E-state index in [0.717, 1.165) is 51.4 Å². The van der Waals surface area contributed by atoms with Gasteiger partial charge in [0.05, 0.1) is 0 Å². The van der Waals surface area contributed by atoms with Gasteiger partial charge in [0.15, 0.2) is 0 Å². The first-order chi connectivity index (χ1) is 17.2. The van der Waals surface area contributed by atoms with E-state index in [1.54, 1.807) is 16.8 Å². The van der Waals surface area contributed by atoms with Crippen LogP contribution in [0.1, 0.15) is 99.0 Å². The number of nitrogens with two attached hydrogens (primary N) is 1. The average Bonchev–Trinajstić information content (AvgIpc) is 2.76. The molecular weight excluding hydrogens is 474 g/mol. The summed E-state index contributed by atoms with van der Waals surface area (Å²) in [5, 5.41) is 2.98. The number of carbonyl (C=O) groups excluding carboxylic acids is 2. The van der Waals surface area contributed by atoms with E-state index in [4.69, 9.17) is 15.2 Å². The van der Waals surface area contributed by atoms with Gasteiger partial charge in [0, 0.05) is 30.9 Å². The molecule has 3 N–H and O–H groups in total. The Morgan fingerprint density at radius 3 is 2.14 bits per heavy atom. The van der Waals surface area contributed by atoms with Gasteiger partial charge in [-0.15, -0.1) is 0 Å². The van der Waals surface area contributed by atoms with Gasteiger partial charge in [-0.1, -0.05) is 0 Å². The Bertz CT molecular complexity index is 980. The van der Waals surface area contributed by atoms with Gasteiger partial charge >= 0.3 is 17.9 Å². The molecule has 2 amide bonds. The molecule has 0 radical (unpaired) electrons. The zero-order chi connectivity index (χ0) is 27.4. The summed E-state index contributed by atoms with van der Waals surface area (Å²) in [6, 6.07) is 1.86. The van der Waals surface area contributed by atoms with E-state index in [0.29, 0.717) is 12.5 Å². The smallest absolute Gasteiger partial charge is 0.410 e. The molecule has 2 aliphatic carbocycles. The maximum absolute atomic E-state index is 13.3. The number of alkyl carbamates (subject to hydrolysis) is 1. The van der Waals surface area contributed by atoms with Crippen molar-refractivity contribution in [3.63, 3.8) is 0 Å². The molecule has 3 rings (SSSR count). The van der Waals surface area contributed by atoms with Crippen LogP contribution in [-0.4, -0.2) is 56.5 Å². The first-order valence-corrected chi connectivity index (χ1v) is 13.5. The fourth-order valence-corrected chi connectivity index (χ4v) is 5.29. The topological polar surface area (TPSA) is 129 Å². The van der Waals surface area contributed by atoms with Crippen molar-refractivity contribution in [2.24, 2.45) is 5.92 Å². The average molecular weight is 520 g/mol. The van der Waals surface area contributed by atoms with Crippen molar-refractivity contribution in [1.29, 1.82) is 0 Å². The number of nitrogens with one attached hydrogen (secondary N) is 1. The van der Waals surface area contributed by atoms with Crippen molar-refractivity contribution in [3.8, 4) is 0 Å². The summed E-state index contributed by atoms with van der Waals surface area (Å²) in [5.74, 6) is 0.567. The number of aromatic nitrogens is 2. The Kier molecular flexibility index (Phi) is 9.13. The number of amides is 2. The molecule has 0 aliphatic heterocycles. The molecule has 10 heteroatoms. The molecule has 1 aromatic heterocycles. The molecule has 0 atom stereocenters. The quantitative estimate of drug-likeness (QED) is 0.580. The van der Waals surface area contributed by atoms with Crippen molar-refractivity contribution in [3.05, 3.63) is 22.7 Å². The van der Waals surface area contributed by atoms with Crippen LogP contribution in [-0.2, 0) is 9.47 Å². The molecule has 0 aromatic carbocycles. The summed E-state index contributed by atoms with van der Waals surface area (Å²) in [5.41, 5.74) is 4.21. The first-order valence-electron chi connectivity index (χ1n) is 13.5. The van der Waals surface area contributed by atoms with Crippen LogP contribution >= 0.6 is 0 Å².